The zero-order valence-corrected chi connectivity index (χ0v) is 12.1. The first kappa shape index (κ1) is 13.4. The van der Waals surface area contributed by atoms with Crippen molar-refractivity contribution in [2.75, 3.05) is 26.2 Å². The highest BCUT2D eigenvalue weighted by atomic mass is 16.2. The minimum atomic E-state index is -0.290. The second-order valence-corrected chi connectivity index (χ2v) is 6.92. The fourth-order valence-corrected chi connectivity index (χ4v) is 4.18. The van der Waals surface area contributed by atoms with Gasteiger partial charge in [0.15, 0.2) is 0 Å². The molecule has 2 N–H and O–H groups in total. The van der Waals surface area contributed by atoms with Crippen LogP contribution in [0.1, 0.15) is 45.4 Å². The minimum absolute atomic E-state index is 0.0502. The normalized spacial score (nSPS) is 40.2. The molecule has 3 aliphatic rings. The summed E-state index contributed by atoms with van der Waals surface area (Å²) < 4.78 is 0. The fraction of sp³-hybridized carbons (Fsp3) is 0.933. The van der Waals surface area contributed by atoms with Crippen molar-refractivity contribution in [1.29, 1.82) is 0 Å². The molecule has 0 aromatic carbocycles. The smallest absolute Gasteiger partial charge is 0.227 e. The van der Waals surface area contributed by atoms with E-state index in [0.29, 0.717) is 11.9 Å². The Labute approximate surface area is 116 Å². The third-order valence-electron chi connectivity index (χ3n) is 5.45. The average molecular weight is 265 g/mol. The van der Waals surface area contributed by atoms with Crippen LogP contribution in [0.2, 0.25) is 0 Å². The maximum Gasteiger partial charge on any atom is 0.227 e. The Morgan fingerprint density at radius 2 is 2.00 bits per heavy atom. The highest BCUT2D eigenvalue weighted by Gasteiger charge is 2.42. The van der Waals surface area contributed by atoms with Crippen LogP contribution in [0.4, 0.5) is 0 Å². The van der Waals surface area contributed by atoms with Gasteiger partial charge in [0.2, 0.25) is 5.91 Å². The molecule has 1 amide bonds. The van der Waals surface area contributed by atoms with Crippen LogP contribution in [0.25, 0.3) is 0 Å². The number of amides is 1. The predicted molar refractivity (Wildman–Crippen MR) is 75.7 cm³/mol. The highest BCUT2D eigenvalue weighted by molar-refractivity contribution is 5.80. The van der Waals surface area contributed by atoms with E-state index in [2.05, 4.69) is 16.7 Å². The standard InChI is InChI=1S/C15H27N3O/c1-15(16)7-3-2-6-13(15)14(19)18-10-9-17-8-4-5-12(17)11-18/h12-13H,2-11,16H2,1H3. The van der Waals surface area contributed by atoms with Gasteiger partial charge < -0.3 is 10.6 Å². The fourth-order valence-electron chi connectivity index (χ4n) is 4.18. The van der Waals surface area contributed by atoms with Crippen molar-refractivity contribution in [3.05, 3.63) is 0 Å². The van der Waals surface area contributed by atoms with Gasteiger partial charge in [-0.2, -0.15) is 0 Å². The van der Waals surface area contributed by atoms with Gasteiger partial charge in [-0.3, -0.25) is 9.69 Å². The van der Waals surface area contributed by atoms with Gasteiger partial charge in [0, 0.05) is 31.2 Å². The van der Waals surface area contributed by atoms with E-state index in [1.54, 1.807) is 0 Å². The third kappa shape index (κ3) is 2.52. The lowest BCUT2D eigenvalue weighted by Gasteiger charge is -2.43. The van der Waals surface area contributed by atoms with E-state index in [0.717, 1.165) is 38.9 Å². The van der Waals surface area contributed by atoms with Gasteiger partial charge in [0.1, 0.15) is 0 Å². The number of nitrogens with zero attached hydrogens (tertiary/aromatic N) is 2. The summed E-state index contributed by atoms with van der Waals surface area (Å²) >= 11 is 0. The van der Waals surface area contributed by atoms with Gasteiger partial charge in [-0.1, -0.05) is 12.8 Å². The number of piperazine rings is 1. The van der Waals surface area contributed by atoms with E-state index in [9.17, 15) is 4.79 Å². The summed E-state index contributed by atoms with van der Waals surface area (Å²) in [6.07, 6.45) is 6.86. The zero-order chi connectivity index (χ0) is 13.5. The lowest BCUT2D eigenvalue weighted by molar-refractivity contribution is -0.141. The monoisotopic (exact) mass is 265 g/mol. The van der Waals surface area contributed by atoms with E-state index in [4.69, 9.17) is 5.73 Å². The van der Waals surface area contributed by atoms with Crippen molar-refractivity contribution in [2.24, 2.45) is 11.7 Å². The van der Waals surface area contributed by atoms with Crippen molar-refractivity contribution in [3.63, 3.8) is 0 Å². The first-order valence-corrected chi connectivity index (χ1v) is 7.90. The van der Waals surface area contributed by atoms with Crippen molar-refractivity contribution in [2.45, 2.75) is 57.0 Å². The van der Waals surface area contributed by atoms with Crippen molar-refractivity contribution in [3.8, 4) is 0 Å². The zero-order valence-electron chi connectivity index (χ0n) is 12.1. The van der Waals surface area contributed by atoms with Crippen LogP contribution < -0.4 is 5.73 Å². The molecule has 0 aromatic rings. The van der Waals surface area contributed by atoms with E-state index in [1.165, 1.54) is 25.8 Å². The number of nitrogens with two attached hydrogens (primary N) is 1. The van der Waals surface area contributed by atoms with Gasteiger partial charge in [-0.25, -0.2) is 0 Å². The molecule has 3 rings (SSSR count). The molecule has 2 heterocycles. The highest BCUT2D eigenvalue weighted by Crippen LogP contribution is 2.34. The summed E-state index contributed by atoms with van der Waals surface area (Å²) in [7, 11) is 0. The second-order valence-electron chi connectivity index (χ2n) is 6.92. The predicted octanol–water partition coefficient (Wildman–Crippen LogP) is 1.20. The van der Waals surface area contributed by atoms with Gasteiger partial charge >= 0.3 is 0 Å². The van der Waals surface area contributed by atoms with E-state index in [-0.39, 0.29) is 11.5 Å². The summed E-state index contributed by atoms with van der Waals surface area (Å²) in [4.78, 5) is 17.4. The number of hydrogen-bond donors (Lipinski definition) is 1. The van der Waals surface area contributed by atoms with E-state index >= 15 is 0 Å². The summed E-state index contributed by atoms with van der Waals surface area (Å²) in [6.45, 7) is 6.20. The molecule has 0 aromatic heterocycles. The molecule has 0 radical (unpaired) electrons. The first-order chi connectivity index (χ1) is 9.08. The van der Waals surface area contributed by atoms with Gasteiger partial charge in [-0.15, -0.1) is 0 Å². The third-order valence-corrected chi connectivity index (χ3v) is 5.45. The number of carbonyl (C=O) groups is 1. The number of hydrogen-bond acceptors (Lipinski definition) is 3. The van der Waals surface area contributed by atoms with Gasteiger partial charge in [0.25, 0.3) is 0 Å². The van der Waals surface area contributed by atoms with Gasteiger partial charge in [-0.05, 0) is 39.2 Å². The Bertz CT molecular complexity index is 355. The molecule has 3 unspecified atom stereocenters. The Kier molecular flexibility index (Phi) is 3.56. The molecule has 19 heavy (non-hydrogen) atoms. The molecule has 4 nitrogen and oxygen atoms in total. The Hall–Kier alpha value is -0.610. The minimum Gasteiger partial charge on any atom is -0.340 e. The summed E-state index contributed by atoms with van der Waals surface area (Å²) in [5.74, 6) is 0.380. The van der Waals surface area contributed by atoms with Crippen LogP contribution in [0.3, 0.4) is 0 Å². The van der Waals surface area contributed by atoms with Crippen LogP contribution in [0.15, 0.2) is 0 Å². The second kappa shape index (κ2) is 5.06. The van der Waals surface area contributed by atoms with Crippen LogP contribution in [0.5, 0.6) is 0 Å². The number of carbonyl (C=O) groups excluding carboxylic acids is 1. The molecule has 1 saturated carbocycles. The molecule has 108 valence electrons. The molecular weight excluding hydrogens is 238 g/mol. The topological polar surface area (TPSA) is 49.6 Å². The number of fused-ring (bicyclic) bond motifs is 1. The van der Waals surface area contributed by atoms with Crippen LogP contribution in [-0.4, -0.2) is 53.5 Å². The quantitative estimate of drug-likeness (QED) is 0.775. The van der Waals surface area contributed by atoms with E-state index in [1.807, 2.05) is 0 Å². The average Bonchev–Trinajstić information content (AvgIpc) is 2.84. The molecule has 4 heteroatoms. The molecule has 2 aliphatic heterocycles. The van der Waals surface area contributed by atoms with Crippen molar-refractivity contribution < 1.29 is 4.79 Å². The Balaban J connectivity index is 1.66. The lowest BCUT2D eigenvalue weighted by atomic mass is 9.74. The SMILES string of the molecule is CC1(N)CCCCC1C(=O)N1CCN2CCCC2C1. The van der Waals surface area contributed by atoms with Crippen LogP contribution in [-0.2, 0) is 4.79 Å². The maximum atomic E-state index is 12.8. The summed E-state index contributed by atoms with van der Waals surface area (Å²) in [5.41, 5.74) is 6.09. The number of rotatable bonds is 1. The summed E-state index contributed by atoms with van der Waals surface area (Å²) in [6, 6.07) is 0.616. The first-order valence-electron chi connectivity index (χ1n) is 7.90. The molecule has 1 aliphatic carbocycles. The lowest BCUT2D eigenvalue weighted by Crippen LogP contribution is -2.58. The molecule has 0 spiro atoms. The Morgan fingerprint density at radius 3 is 2.79 bits per heavy atom. The van der Waals surface area contributed by atoms with Crippen molar-refractivity contribution >= 4 is 5.91 Å². The van der Waals surface area contributed by atoms with Crippen LogP contribution in [0, 0.1) is 5.92 Å². The van der Waals surface area contributed by atoms with Crippen molar-refractivity contribution in [1.82, 2.24) is 9.80 Å². The maximum absolute atomic E-state index is 12.8. The van der Waals surface area contributed by atoms with E-state index < -0.39 is 0 Å². The van der Waals surface area contributed by atoms with Gasteiger partial charge in [0.05, 0.1) is 5.92 Å². The molecule has 3 atom stereocenters. The van der Waals surface area contributed by atoms with Crippen LogP contribution >= 0.6 is 0 Å². The molecular formula is C15H27N3O. The molecule has 2 saturated heterocycles. The summed E-state index contributed by atoms with van der Waals surface area (Å²) in [5, 5.41) is 0. The largest absolute Gasteiger partial charge is 0.340 e. The Morgan fingerprint density at radius 1 is 1.16 bits per heavy atom. The molecule has 0 bridgehead atoms. The molecule has 3 fully saturated rings.